The average Bonchev–Trinajstić information content (AvgIpc) is 0.901. The van der Waals surface area contributed by atoms with Gasteiger partial charge in [0.15, 0.2) is 12.2 Å². The van der Waals surface area contributed by atoms with E-state index in [0.29, 0.717) is 25.7 Å². The lowest BCUT2D eigenvalue weighted by atomic mass is 10.0. The van der Waals surface area contributed by atoms with Gasteiger partial charge in [-0.15, -0.1) is 0 Å². The summed E-state index contributed by atoms with van der Waals surface area (Å²) in [6, 6.07) is 0. The summed E-state index contributed by atoms with van der Waals surface area (Å²) in [5.74, 6) is -1.29. The fraction of sp³-hybridized carbons (Fsp3) is 0.954. The summed E-state index contributed by atoms with van der Waals surface area (Å²) >= 11 is 0. The predicted octanol–water partition coefficient (Wildman–Crippen LogP) is 26.8. The Kier molecular flexibility index (Phi) is 78.2. The van der Waals surface area contributed by atoms with Crippen LogP contribution in [0.4, 0.5) is 0 Å². The molecule has 0 aromatic carbocycles. The van der Waals surface area contributed by atoms with Crippen LogP contribution in [0.1, 0.15) is 471 Å². The summed E-state index contributed by atoms with van der Waals surface area (Å²) in [7, 11) is -9.93. The molecule has 0 bridgehead atoms. The Labute approximate surface area is 651 Å². The van der Waals surface area contributed by atoms with Gasteiger partial charge in [-0.1, -0.05) is 420 Å². The monoisotopic (exact) mass is 1550 g/mol. The normalized spacial score (nSPS) is 13.7. The van der Waals surface area contributed by atoms with E-state index >= 15 is 0 Å². The summed E-state index contributed by atoms with van der Waals surface area (Å²) < 4.78 is 69.0. The van der Waals surface area contributed by atoms with Crippen LogP contribution in [0.15, 0.2) is 0 Å². The summed E-state index contributed by atoms with van der Waals surface area (Å²) in [6.45, 7) is 7.41. The molecule has 106 heavy (non-hydrogen) atoms. The fourth-order valence-electron chi connectivity index (χ4n) is 13.6. The molecular weight excluding hydrogens is 1380 g/mol. The molecule has 0 radical (unpaired) electrons. The van der Waals surface area contributed by atoms with Crippen LogP contribution in [0.5, 0.6) is 0 Å². The van der Waals surface area contributed by atoms with Crippen LogP contribution in [0, 0.1) is 5.92 Å². The van der Waals surface area contributed by atoms with E-state index in [1.807, 2.05) is 0 Å². The topological polar surface area (TPSA) is 237 Å². The quantitative estimate of drug-likeness (QED) is 0.0222. The number of unbranched alkanes of at least 4 members (excludes halogenated alkanes) is 59. The Morgan fingerprint density at radius 2 is 0.434 bits per heavy atom. The number of carbonyl (C=O) groups excluding carboxylic acids is 4. The molecule has 0 saturated heterocycles. The van der Waals surface area contributed by atoms with E-state index in [2.05, 4.69) is 34.6 Å². The molecule has 5 atom stereocenters. The maximum absolute atomic E-state index is 13.2. The molecule has 0 aromatic rings. The number of rotatable bonds is 87. The molecule has 0 heterocycles. The second-order valence-corrected chi connectivity index (χ2v) is 34.7. The SMILES string of the molecule is CCCCCCCCCCCCCCCCCCCC(=O)OC[C@H](COP(=O)(O)OC[C@@H](O)COP(=O)(O)OC[C@@H](COC(=O)CCCCCCCCCCCCCCC)OC(=O)CCCCCCCCCCCCCCCCCCC)OC(=O)CCCCCCCCCCCCCCCCCCC(C)C. The number of carbonyl (C=O) groups is 4. The van der Waals surface area contributed by atoms with Gasteiger partial charge in [-0.2, -0.15) is 0 Å². The fourth-order valence-corrected chi connectivity index (χ4v) is 15.2. The zero-order chi connectivity index (χ0) is 77.6. The minimum absolute atomic E-state index is 0.109. The van der Waals surface area contributed by atoms with Crippen molar-refractivity contribution in [3.63, 3.8) is 0 Å². The van der Waals surface area contributed by atoms with Crippen LogP contribution >= 0.6 is 15.6 Å². The maximum atomic E-state index is 13.2. The van der Waals surface area contributed by atoms with Crippen molar-refractivity contribution in [2.45, 2.75) is 490 Å². The maximum Gasteiger partial charge on any atom is 0.472 e. The Bertz CT molecular complexity index is 2010. The van der Waals surface area contributed by atoms with Crippen molar-refractivity contribution in [3.05, 3.63) is 0 Å². The highest BCUT2D eigenvalue weighted by Gasteiger charge is 2.30. The molecule has 0 aromatic heterocycles. The molecule has 0 aliphatic carbocycles. The zero-order valence-electron chi connectivity index (χ0n) is 69.6. The highest BCUT2D eigenvalue weighted by Crippen LogP contribution is 2.45. The van der Waals surface area contributed by atoms with Crippen LogP contribution in [0.25, 0.3) is 0 Å². The molecule has 19 heteroatoms. The van der Waals surface area contributed by atoms with Crippen molar-refractivity contribution in [1.82, 2.24) is 0 Å². The first-order valence-corrected chi connectivity index (χ1v) is 48.1. The van der Waals surface area contributed by atoms with Gasteiger partial charge in [-0.25, -0.2) is 9.13 Å². The minimum atomic E-state index is -4.97. The molecule has 0 spiro atoms. The lowest BCUT2D eigenvalue weighted by Gasteiger charge is -2.21. The first kappa shape index (κ1) is 104. The standard InChI is InChI=1S/C87H170O17P2/c1-6-9-12-15-18-21-24-27-29-31-36-41-46-51-56-61-66-71-85(90)98-77-83(104-87(92)73-68-63-58-53-48-43-38-34-33-35-40-44-49-54-59-64-69-80(4)5)79-102-106(95,96)100-75-81(88)74-99-105(93,94)101-78-82(76-97-84(89)70-65-60-55-50-45-39-26-23-20-17-14-11-8-3)103-86(91)72-67-62-57-52-47-42-37-32-30-28-25-22-19-16-13-10-7-2/h80-83,88H,6-79H2,1-5H3,(H,93,94)(H,95,96)/t81-,82+,83+/m0/s1. The van der Waals surface area contributed by atoms with Gasteiger partial charge in [0, 0.05) is 25.7 Å². The molecular formula is C87H170O17P2. The van der Waals surface area contributed by atoms with Crippen LogP contribution in [-0.4, -0.2) is 96.7 Å². The number of ether oxygens (including phenoxy) is 4. The van der Waals surface area contributed by atoms with E-state index < -0.39 is 97.5 Å². The molecule has 0 fully saturated rings. The third kappa shape index (κ3) is 80.1. The van der Waals surface area contributed by atoms with Gasteiger partial charge >= 0.3 is 39.5 Å². The van der Waals surface area contributed by atoms with Gasteiger partial charge in [0.2, 0.25) is 0 Å². The first-order valence-electron chi connectivity index (χ1n) is 45.1. The van der Waals surface area contributed by atoms with Gasteiger partial charge in [0.25, 0.3) is 0 Å². The molecule has 0 saturated carbocycles. The van der Waals surface area contributed by atoms with Crippen LogP contribution in [0.2, 0.25) is 0 Å². The number of hydrogen-bond donors (Lipinski definition) is 3. The molecule has 17 nitrogen and oxygen atoms in total. The van der Waals surface area contributed by atoms with E-state index in [-0.39, 0.29) is 25.7 Å². The number of phosphoric acid groups is 2. The Hall–Kier alpha value is -1.94. The highest BCUT2D eigenvalue weighted by atomic mass is 31.2. The summed E-state index contributed by atoms with van der Waals surface area (Å²) in [5.41, 5.74) is 0. The largest absolute Gasteiger partial charge is 0.472 e. The van der Waals surface area contributed by atoms with Gasteiger partial charge < -0.3 is 33.8 Å². The van der Waals surface area contributed by atoms with Gasteiger partial charge in [0.05, 0.1) is 26.4 Å². The molecule has 0 aliphatic rings. The third-order valence-corrected chi connectivity index (χ3v) is 22.4. The van der Waals surface area contributed by atoms with E-state index in [1.165, 1.54) is 295 Å². The number of phosphoric ester groups is 2. The Balaban J connectivity index is 5.26. The van der Waals surface area contributed by atoms with Crippen LogP contribution in [-0.2, 0) is 65.4 Å². The molecule has 0 rings (SSSR count). The third-order valence-electron chi connectivity index (χ3n) is 20.5. The molecule has 3 N–H and O–H groups in total. The van der Waals surface area contributed by atoms with Gasteiger partial charge in [0.1, 0.15) is 19.3 Å². The summed E-state index contributed by atoms with van der Waals surface area (Å²) in [4.78, 5) is 73.3. The van der Waals surface area contributed by atoms with Crippen LogP contribution in [0.3, 0.4) is 0 Å². The number of aliphatic hydroxyl groups is 1. The predicted molar refractivity (Wildman–Crippen MR) is 437 cm³/mol. The molecule has 0 amide bonds. The van der Waals surface area contributed by atoms with E-state index in [0.717, 1.165) is 95.8 Å². The number of hydrogen-bond acceptors (Lipinski definition) is 15. The minimum Gasteiger partial charge on any atom is -0.462 e. The number of esters is 4. The average molecular weight is 1550 g/mol. The van der Waals surface area contributed by atoms with Crippen molar-refractivity contribution < 1.29 is 80.2 Å². The molecule has 630 valence electrons. The Morgan fingerprint density at radius 1 is 0.255 bits per heavy atom. The molecule has 0 aliphatic heterocycles. The van der Waals surface area contributed by atoms with Gasteiger partial charge in [-0.3, -0.25) is 37.3 Å². The molecule has 2 unspecified atom stereocenters. The second-order valence-electron chi connectivity index (χ2n) is 31.8. The smallest absolute Gasteiger partial charge is 0.462 e. The lowest BCUT2D eigenvalue weighted by molar-refractivity contribution is -0.161. The second kappa shape index (κ2) is 79.7. The van der Waals surface area contributed by atoms with Crippen molar-refractivity contribution in [1.29, 1.82) is 0 Å². The number of aliphatic hydroxyl groups excluding tert-OH is 1. The first-order chi connectivity index (χ1) is 51.5. The van der Waals surface area contributed by atoms with Crippen molar-refractivity contribution >= 4 is 39.5 Å². The van der Waals surface area contributed by atoms with E-state index in [1.54, 1.807) is 0 Å². The zero-order valence-corrected chi connectivity index (χ0v) is 71.4. The van der Waals surface area contributed by atoms with Crippen molar-refractivity contribution in [2.24, 2.45) is 5.92 Å². The highest BCUT2D eigenvalue weighted by molar-refractivity contribution is 7.47. The van der Waals surface area contributed by atoms with E-state index in [9.17, 15) is 43.2 Å². The van der Waals surface area contributed by atoms with E-state index in [4.69, 9.17) is 37.0 Å². The van der Waals surface area contributed by atoms with Crippen molar-refractivity contribution in [2.75, 3.05) is 39.6 Å². The van der Waals surface area contributed by atoms with Gasteiger partial charge in [-0.05, 0) is 31.6 Å². The Morgan fingerprint density at radius 3 is 0.642 bits per heavy atom. The summed E-state index contributed by atoms with van der Waals surface area (Å²) in [6.07, 6.45) is 73.4. The lowest BCUT2D eigenvalue weighted by Crippen LogP contribution is -2.30. The van der Waals surface area contributed by atoms with Crippen LogP contribution < -0.4 is 0 Å². The van der Waals surface area contributed by atoms with Crippen molar-refractivity contribution in [3.8, 4) is 0 Å². The summed E-state index contributed by atoms with van der Waals surface area (Å²) in [5, 5.41) is 10.7.